The molecule has 0 aliphatic carbocycles. The summed E-state index contributed by atoms with van der Waals surface area (Å²) in [6, 6.07) is 1.95. The van der Waals surface area contributed by atoms with Gasteiger partial charge in [-0.3, -0.25) is 10.1 Å². The van der Waals surface area contributed by atoms with Gasteiger partial charge in [-0.1, -0.05) is 11.3 Å². The Morgan fingerprint density at radius 1 is 1.57 bits per heavy atom. The largest absolute Gasteiger partial charge is 0.298 e. The molecular formula is C7H10N6S. The molecule has 0 unspecified atom stereocenters. The first-order valence-electron chi connectivity index (χ1n) is 4.07. The van der Waals surface area contributed by atoms with Crippen molar-refractivity contribution in [3.63, 3.8) is 0 Å². The quantitative estimate of drug-likeness (QED) is 0.565. The maximum atomic E-state index is 5.20. The molecule has 14 heavy (non-hydrogen) atoms. The molecule has 2 rings (SSSR count). The van der Waals surface area contributed by atoms with E-state index in [1.54, 1.807) is 0 Å². The van der Waals surface area contributed by atoms with Gasteiger partial charge in [0.15, 0.2) is 0 Å². The zero-order valence-corrected chi connectivity index (χ0v) is 8.45. The van der Waals surface area contributed by atoms with Crippen molar-refractivity contribution < 1.29 is 0 Å². The molecule has 0 saturated carbocycles. The first-order valence-corrected chi connectivity index (χ1v) is 4.88. The fraction of sp³-hybridized carbons (Fsp3) is 0.286. The van der Waals surface area contributed by atoms with Crippen LogP contribution in [0.3, 0.4) is 0 Å². The summed E-state index contributed by atoms with van der Waals surface area (Å²) in [4.78, 5) is 0. The summed E-state index contributed by atoms with van der Waals surface area (Å²) in [5, 5.41) is 13.5. The number of aromatic nitrogens is 4. The van der Waals surface area contributed by atoms with Crippen LogP contribution >= 0.6 is 11.3 Å². The van der Waals surface area contributed by atoms with Crippen molar-refractivity contribution in [3.8, 4) is 0 Å². The lowest BCUT2D eigenvalue weighted by Crippen LogP contribution is -2.05. The maximum absolute atomic E-state index is 5.20. The third kappa shape index (κ3) is 1.88. The summed E-state index contributed by atoms with van der Waals surface area (Å²) in [5.41, 5.74) is 3.45. The first kappa shape index (κ1) is 9.10. The Hall–Kier alpha value is -1.47. The van der Waals surface area contributed by atoms with E-state index in [0.29, 0.717) is 11.7 Å². The van der Waals surface area contributed by atoms with Crippen LogP contribution in [0.5, 0.6) is 0 Å². The van der Waals surface area contributed by atoms with Crippen molar-refractivity contribution in [2.24, 2.45) is 5.84 Å². The van der Waals surface area contributed by atoms with Crippen LogP contribution in [-0.4, -0.2) is 20.0 Å². The maximum Gasteiger partial charge on any atom is 0.219 e. The molecule has 3 N–H and O–H groups in total. The highest BCUT2D eigenvalue weighted by Crippen LogP contribution is 2.14. The standard InChI is InChI=1S/C7H10N6S/c1-5-2-3-13(12-5)4-6-10-11-7(9-8)14-6/h2-3H,4,8H2,1H3,(H,9,11). The lowest BCUT2D eigenvalue weighted by Gasteiger charge is -1.94. The predicted molar refractivity (Wildman–Crippen MR) is 53.8 cm³/mol. The molecule has 0 aromatic carbocycles. The van der Waals surface area contributed by atoms with Crippen molar-refractivity contribution in [3.05, 3.63) is 23.0 Å². The van der Waals surface area contributed by atoms with Gasteiger partial charge >= 0.3 is 0 Å². The third-order valence-electron chi connectivity index (χ3n) is 1.66. The van der Waals surface area contributed by atoms with Gasteiger partial charge in [0.25, 0.3) is 0 Å². The van der Waals surface area contributed by atoms with E-state index >= 15 is 0 Å². The Morgan fingerprint density at radius 2 is 2.43 bits per heavy atom. The molecule has 0 radical (unpaired) electrons. The van der Waals surface area contributed by atoms with Crippen LogP contribution < -0.4 is 11.3 Å². The van der Waals surface area contributed by atoms with E-state index < -0.39 is 0 Å². The molecular weight excluding hydrogens is 200 g/mol. The van der Waals surface area contributed by atoms with Gasteiger partial charge in [0.1, 0.15) is 5.01 Å². The van der Waals surface area contributed by atoms with E-state index in [-0.39, 0.29) is 0 Å². The van der Waals surface area contributed by atoms with Crippen LogP contribution in [0.15, 0.2) is 12.3 Å². The smallest absolute Gasteiger partial charge is 0.219 e. The molecule has 0 bridgehead atoms. The summed E-state index contributed by atoms with van der Waals surface area (Å²) in [6.45, 7) is 2.58. The highest BCUT2D eigenvalue weighted by Gasteiger charge is 2.03. The minimum absolute atomic E-state index is 0.615. The molecule has 2 heterocycles. The molecule has 0 atom stereocenters. The fourth-order valence-electron chi connectivity index (χ4n) is 1.07. The summed E-state index contributed by atoms with van der Waals surface area (Å²) >= 11 is 1.42. The molecule has 0 fully saturated rings. The van der Waals surface area contributed by atoms with Crippen LogP contribution in [0.2, 0.25) is 0 Å². The van der Waals surface area contributed by atoms with E-state index in [1.165, 1.54) is 11.3 Å². The molecule has 0 saturated heterocycles. The average Bonchev–Trinajstić information content (AvgIpc) is 2.76. The SMILES string of the molecule is Cc1ccn(Cc2nnc(NN)s2)n1. The van der Waals surface area contributed by atoms with Crippen molar-refractivity contribution in [2.75, 3.05) is 5.43 Å². The Balaban J connectivity index is 2.10. The molecule has 0 spiro atoms. The van der Waals surface area contributed by atoms with Crippen molar-refractivity contribution in [1.29, 1.82) is 0 Å². The zero-order chi connectivity index (χ0) is 9.97. The molecule has 6 nitrogen and oxygen atoms in total. The molecule has 0 amide bonds. The van der Waals surface area contributed by atoms with Crippen molar-refractivity contribution >= 4 is 16.5 Å². The normalized spacial score (nSPS) is 10.4. The summed E-state index contributed by atoms with van der Waals surface area (Å²) < 4.78 is 1.82. The lowest BCUT2D eigenvalue weighted by molar-refractivity contribution is 0.670. The van der Waals surface area contributed by atoms with Crippen LogP contribution in [0, 0.1) is 6.92 Å². The third-order valence-corrected chi connectivity index (χ3v) is 2.50. The molecule has 2 aromatic rings. The fourth-order valence-corrected chi connectivity index (χ4v) is 1.71. The van der Waals surface area contributed by atoms with Gasteiger partial charge in [-0.25, -0.2) is 5.84 Å². The number of nitrogen functional groups attached to an aromatic ring is 1. The van der Waals surface area contributed by atoms with Gasteiger partial charge in [-0.15, -0.1) is 10.2 Å². The highest BCUT2D eigenvalue weighted by molar-refractivity contribution is 7.15. The number of hydrogen-bond acceptors (Lipinski definition) is 6. The van der Waals surface area contributed by atoms with Gasteiger partial charge in [-0.2, -0.15) is 5.10 Å². The first-order chi connectivity index (χ1) is 6.78. The van der Waals surface area contributed by atoms with Crippen molar-refractivity contribution in [2.45, 2.75) is 13.5 Å². The Labute approximate surface area is 84.7 Å². The van der Waals surface area contributed by atoms with Gasteiger partial charge < -0.3 is 0 Å². The summed E-state index contributed by atoms with van der Waals surface area (Å²) in [7, 11) is 0. The molecule has 74 valence electrons. The van der Waals surface area contributed by atoms with E-state index in [4.69, 9.17) is 5.84 Å². The van der Waals surface area contributed by atoms with Crippen LogP contribution in [0.25, 0.3) is 0 Å². The van der Waals surface area contributed by atoms with Gasteiger partial charge in [0.2, 0.25) is 5.13 Å². The number of hydrazine groups is 1. The van der Waals surface area contributed by atoms with Crippen LogP contribution in [0.1, 0.15) is 10.7 Å². The summed E-state index contributed by atoms with van der Waals surface area (Å²) in [5.74, 6) is 5.20. The number of nitrogens with two attached hydrogens (primary N) is 1. The number of anilines is 1. The number of hydrogen-bond donors (Lipinski definition) is 2. The minimum atomic E-state index is 0.615. The Kier molecular flexibility index (Phi) is 2.42. The molecule has 0 aliphatic rings. The monoisotopic (exact) mass is 210 g/mol. The van der Waals surface area contributed by atoms with Crippen molar-refractivity contribution in [1.82, 2.24) is 20.0 Å². The van der Waals surface area contributed by atoms with Gasteiger partial charge in [-0.05, 0) is 13.0 Å². The second-order valence-corrected chi connectivity index (χ2v) is 3.86. The molecule has 2 aromatic heterocycles. The van der Waals surface area contributed by atoms with Gasteiger partial charge in [0.05, 0.1) is 12.2 Å². The number of nitrogens with zero attached hydrogens (tertiary/aromatic N) is 4. The van der Waals surface area contributed by atoms with E-state index in [2.05, 4.69) is 20.7 Å². The zero-order valence-electron chi connectivity index (χ0n) is 7.64. The summed E-state index contributed by atoms with van der Waals surface area (Å²) in [6.07, 6.45) is 1.91. The van der Waals surface area contributed by atoms with E-state index in [1.807, 2.05) is 23.9 Å². The molecule has 7 heteroatoms. The molecule has 0 aliphatic heterocycles. The van der Waals surface area contributed by atoms with Gasteiger partial charge in [0, 0.05) is 6.20 Å². The number of aryl methyl sites for hydroxylation is 1. The van der Waals surface area contributed by atoms with E-state index in [0.717, 1.165) is 10.7 Å². The lowest BCUT2D eigenvalue weighted by atomic mass is 10.5. The second-order valence-electron chi connectivity index (χ2n) is 2.80. The van der Waals surface area contributed by atoms with Crippen LogP contribution in [0.4, 0.5) is 5.13 Å². The Bertz CT molecular complexity index is 419. The number of nitrogens with one attached hydrogen (secondary N) is 1. The minimum Gasteiger partial charge on any atom is -0.298 e. The predicted octanol–water partition coefficient (Wildman–Crippen LogP) is 0.377. The van der Waals surface area contributed by atoms with Crippen LogP contribution in [-0.2, 0) is 6.54 Å². The van der Waals surface area contributed by atoms with E-state index in [9.17, 15) is 0 Å². The Morgan fingerprint density at radius 3 is 3.00 bits per heavy atom. The number of rotatable bonds is 3. The average molecular weight is 210 g/mol. The second kappa shape index (κ2) is 3.72. The topological polar surface area (TPSA) is 81.7 Å². The highest BCUT2D eigenvalue weighted by atomic mass is 32.1.